The number of halogens is 1. The van der Waals surface area contributed by atoms with Gasteiger partial charge in [-0.2, -0.15) is 4.98 Å². The van der Waals surface area contributed by atoms with Crippen molar-refractivity contribution in [3.63, 3.8) is 0 Å². The van der Waals surface area contributed by atoms with E-state index in [0.717, 1.165) is 21.4 Å². The van der Waals surface area contributed by atoms with Crippen LogP contribution < -0.4 is 0 Å². The summed E-state index contributed by atoms with van der Waals surface area (Å²) in [6.07, 6.45) is 0. The van der Waals surface area contributed by atoms with Crippen molar-refractivity contribution in [1.29, 1.82) is 0 Å². The van der Waals surface area contributed by atoms with Gasteiger partial charge in [0, 0.05) is 21.4 Å². The maximum Gasteiger partial charge on any atom is 0.253 e. The molecular weight excluding hydrogens is 404 g/mol. The molecule has 3 aromatic heterocycles. The van der Waals surface area contributed by atoms with Crippen molar-refractivity contribution in [2.45, 2.75) is 24.8 Å². The molecule has 4 aromatic rings. The smallest absolute Gasteiger partial charge is 0.253 e. The zero-order valence-corrected chi connectivity index (χ0v) is 15.9. The average Bonchev–Trinajstić information content (AvgIpc) is 3.20. The van der Waals surface area contributed by atoms with Gasteiger partial charge in [-0.3, -0.25) is 0 Å². The largest absolute Gasteiger partial charge is 0.420 e. The van der Waals surface area contributed by atoms with Crippen molar-refractivity contribution in [3.8, 4) is 11.5 Å². The number of thioether (sulfide) groups is 1. The summed E-state index contributed by atoms with van der Waals surface area (Å²) >= 11 is 4.84. The molecule has 0 atom stereocenters. The predicted octanol–water partition coefficient (Wildman–Crippen LogP) is 3.85. The van der Waals surface area contributed by atoms with Gasteiger partial charge >= 0.3 is 0 Å². The molecule has 0 radical (unpaired) electrons. The van der Waals surface area contributed by atoms with Crippen LogP contribution in [0.4, 0.5) is 0 Å². The Morgan fingerprint density at radius 2 is 1.92 bits per heavy atom. The topological polar surface area (TPSA) is 82.0 Å². The third-order valence-electron chi connectivity index (χ3n) is 3.48. The van der Waals surface area contributed by atoms with E-state index in [-0.39, 0.29) is 0 Å². The standard InChI is InChI=1S/C16H13BrN6OS/c1-9-7-10(2)23-15(18-9)19-16(22-23)25-8-13-20-21-14(24-13)11-3-5-12(17)6-4-11/h3-7H,8H2,1-2H3. The zero-order chi connectivity index (χ0) is 17.4. The van der Waals surface area contributed by atoms with E-state index < -0.39 is 0 Å². The molecule has 0 saturated heterocycles. The van der Waals surface area contributed by atoms with Gasteiger partial charge in [-0.1, -0.05) is 27.7 Å². The molecule has 4 rings (SSSR count). The molecule has 0 amide bonds. The minimum absolute atomic E-state index is 0.498. The molecule has 1 aromatic carbocycles. The lowest BCUT2D eigenvalue weighted by Crippen LogP contribution is -1.97. The average molecular weight is 417 g/mol. The molecule has 126 valence electrons. The Labute approximate surface area is 156 Å². The van der Waals surface area contributed by atoms with Gasteiger partial charge in [0.15, 0.2) is 0 Å². The third kappa shape index (κ3) is 3.42. The minimum atomic E-state index is 0.498. The van der Waals surface area contributed by atoms with E-state index in [1.165, 1.54) is 11.8 Å². The fourth-order valence-corrected chi connectivity index (χ4v) is 3.28. The SMILES string of the molecule is Cc1cc(C)n2nc(SCc3nnc(-c4ccc(Br)cc4)o3)nc2n1. The van der Waals surface area contributed by atoms with Crippen molar-refractivity contribution in [2.24, 2.45) is 0 Å². The van der Waals surface area contributed by atoms with Crippen molar-refractivity contribution < 1.29 is 4.42 Å². The van der Waals surface area contributed by atoms with Crippen LogP contribution in [-0.4, -0.2) is 29.8 Å². The second-order valence-corrected chi connectivity index (χ2v) is 7.30. The van der Waals surface area contributed by atoms with Crippen molar-refractivity contribution in [1.82, 2.24) is 29.8 Å². The number of rotatable bonds is 4. The predicted molar refractivity (Wildman–Crippen MR) is 97.3 cm³/mol. The Bertz CT molecular complexity index is 1040. The lowest BCUT2D eigenvalue weighted by molar-refractivity contribution is 0.528. The molecule has 0 aliphatic carbocycles. The molecule has 3 heterocycles. The van der Waals surface area contributed by atoms with E-state index in [0.29, 0.717) is 28.5 Å². The molecule has 25 heavy (non-hydrogen) atoms. The number of fused-ring (bicyclic) bond motifs is 1. The quantitative estimate of drug-likeness (QED) is 0.467. The van der Waals surface area contributed by atoms with E-state index >= 15 is 0 Å². The van der Waals surface area contributed by atoms with Crippen LogP contribution in [0.1, 0.15) is 17.3 Å². The Balaban J connectivity index is 1.50. The van der Waals surface area contributed by atoms with E-state index in [1.54, 1.807) is 4.52 Å². The normalized spacial score (nSPS) is 11.3. The van der Waals surface area contributed by atoms with E-state index in [4.69, 9.17) is 4.42 Å². The fraction of sp³-hybridized carbons (Fsp3) is 0.188. The van der Waals surface area contributed by atoms with Crippen LogP contribution in [0.3, 0.4) is 0 Å². The number of nitrogens with zero attached hydrogens (tertiary/aromatic N) is 6. The highest BCUT2D eigenvalue weighted by Crippen LogP contribution is 2.24. The summed E-state index contributed by atoms with van der Waals surface area (Å²) in [5, 5.41) is 13.3. The summed E-state index contributed by atoms with van der Waals surface area (Å²) in [4.78, 5) is 8.82. The van der Waals surface area contributed by atoms with Crippen LogP contribution in [0.2, 0.25) is 0 Å². The van der Waals surface area contributed by atoms with Crippen LogP contribution in [0, 0.1) is 13.8 Å². The molecule has 0 aliphatic heterocycles. The number of hydrogen-bond acceptors (Lipinski definition) is 7. The summed E-state index contributed by atoms with van der Waals surface area (Å²) in [5.74, 6) is 2.13. The highest BCUT2D eigenvalue weighted by Gasteiger charge is 2.12. The fourth-order valence-electron chi connectivity index (χ4n) is 2.36. The van der Waals surface area contributed by atoms with Crippen LogP contribution in [0.15, 0.2) is 44.4 Å². The first-order chi connectivity index (χ1) is 12.1. The Morgan fingerprint density at radius 3 is 2.72 bits per heavy atom. The Kier molecular flexibility index (Phi) is 4.26. The molecule has 9 heteroatoms. The van der Waals surface area contributed by atoms with Crippen LogP contribution in [0.5, 0.6) is 0 Å². The minimum Gasteiger partial charge on any atom is -0.420 e. The van der Waals surface area contributed by atoms with Crippen LogP contribution in [0.25, 0.3) is 17.2 Å². The first-order valence-corrected chi connectivity index (χ1v) is 9.28. The highest BCUT2D eigenvalue weighted by atomic mass is 79.9. The molecule has 0 spiro atoms. The lowest BCUT2D eigenvalue weighted by atomic mass is 10.2. The molecule has 0 N–H and O–H groups in total. The molecule has 0 aliphatic rings. The lowest BCUT2D eigenvalue weighted by Gasteiger charge is -1.97. The highest BCUT2D eigenvalue weighted by molar-refractivity contribution is 9.10. The third-order valence-corrected chi connectivity index (χ3v) is 4.83. The molecule has 0 saturated carbocycles. The monoisotopic (exact) mass is 416 g/mol. The Morgan fingerprint density at radius 1 is 1.12 bits per heavy atom. The molecule has 0 unspecified atom stereocenters. The second kappa shape index (κ2) is 6.57. The summed E-state index contributed by atoms with van der Waals surface area (Å²) < 4.78 is 8.45. The first kappa shape index (κ1) is 16.2. The van der Waals surface area contributed by atoms with Gasteiger partial charge in [0.2, 0.25) is 16.9 Å². The maximum atomic E-state index is 5.71. The molecular formula is C16H13BrN6OS. The van der Waals surface area contributed by atoms with Crippen molar-refractivity contribution >= 4 is 33.5 Å². The zero-order valence-electron chi connectivity index (χ0n) is 13.5. The van der Waals surface area contributed by atoms with Gasteiger partial charge in [-0.15, -0.1) is 15.3 Å². The molecule has 0 fully saturated rings. The second-order valence-electron chi connectivity index (χ2n) is 5.44. The Hall–Kier alpha value is -2.26. The summed E-state index contributed by atoms with van der Waals surface area (Å²) in [5.41, 5.74) is 2.80. The van der Waals surface area contributed by atoms with Crippen LogP contribution in [-0.2, 0) is 5.75 Å². The maximum absolute atomic E-state index is 5.71. The van der Waals surface area contributed by atoms with Crippen molar-refractivity contribution in [2.75, 3.05) is 0 Å². The van der Waals surface area contributed by atoms with Gasteiger partial charge in [0.25, 0.3) is 5.78 Å². The van der Waals surface area contributed by atoms with Gasteiger partial charge in [-0.25, -0.2) is 9.50 Å². The van der Waals surface area contributed by atoms with Gasteiger partial charge < -0.3 is 4.42 Å². The molecule has 0 bridgehead atoms. The number of aromatic nitrogens is 6. The van der Waals surface area contributed by atoms with Crippen LogP contribution >= 0.6 is 27.7 Å². The van der Waals surface area contributed by atoms with Crippen molar-refractivity contribution in [3.05, 3.63) is 52.1 Å². The van der Waals surface area contributed by atoms with Gasteiger partial charge in [-0.05, 0) is 44.2 Å². The van der Waals surface area contributed by atoms with Gasteiger partial charge in [0.05, 0.1) is 5.75 Å². The summed E-state index contributed by atoms with van der Waals surface area (Å²) in [6.45, 7) is 3.92. The summed E-state index contributed by atoms with van der Waals surface area (Å²) in [7, 11) is 0. The number of benzene rings is 1. The molecule has 7 nitrogen and oxygen atoms in total. The number of hydrogen-bond donors (Lipinski definition) is 0. The van der Waals surface area contributed by atoms with Gasteiger partial charge in [0.1, 0.15) is 0 Å². The first-order valence-electron chi connectivity index (χ1n) is 7.50. The number of aryl methyl sites for hydroxylation is 2. The summed E-state index contributed by atoms with van der Waals surface area (Å²) in [6, 6.07) is 9.69. The van der Waals surface area contributed by atoms with E-state index in [1.807, 2.05) is 44.2 Å². The van der Waals surface area contributed by atoms with E-state index in [2.05, 4.69) is 41.2 Å². The van der Waals surface area contributed by atoms with E-state index in [9.17, 15) is 0 Å².